The number of carboxylic acid groups (broad SMARTS) is 2. The molecule has 0 aromatic heterocycles. The molecule has 0 saturated carbocycles. The highest BCUT2D eigenvalue weighted by atomic mass is 33.1. The number of methoxy groups -OCH3 is 2. The first kappa shape index (κ1) is 57.2. The number of likely N-dealkylation sites (N-methyl/N-ethyl adjacent to an activating group) is 2. The van der Waals surface area contributed by atoms with Gasteiger partial charge in [-0.3, -0.25) is 33.7 Å². The molecule has 20 heteroatoms. The normalized spacial score (nSPS) is 17.8. The van der Waals surface area contributed by atoms with E-state index < -0.39 is 85.2 Å². The van der Waals surface area contributed by atoms with Gasteiger partial charge in [0.15, 0.2) is 0 Å². The summed E-state index contributed by atoms with van der Waals surface area (Å²) in [5.74, 6) is -5.90. The molecule has 65 heavy (non-hydrogen) atoms. The number of hydrogen-bond acceptors (Lipinski definition) is 14. The summed E-state index contributed by atoms with van der Waals surface area (Å²) in [6, 6.07) is 5.36. The molecule has 1 aromatic carbocycles. The lowest BCUT2D eigenvalue weighted by molar-refractivity contribution is -0.150. The monoisotopic (exact) mass is 954 g/mol. The standard InChI is InChI=1S/C45H74N6O12S2/c1-12-29(6)40(48(8)44(59)38(27(2)3)47-43(58)39(28(4)5)49(9)65-64)34(61-10)24-35(52)51-20-16-19-33(51)41(62-11)30(7)42(57)46-32(23-31-17-14-13-15-18-31)45(60)63-22-21-50(25-36(53)54)26-37(55)56/h13-15,17-18,27-30,32-34,38-41,64H,12,16,19-26H2,1-11H3,(H,46,57)(H,47,58)(H,53,54)(H,55,56)/t29-,30+,32-,33-,34+,38-,39-,40-,41+/m0/s1. The highest BCUT2D eigenvalue weighted by molar-refractivity contribution is 8.67. The first-order valence-electron chi connectivity index (χ1n) is 22.3. The molecule has 0 bridgehead atoms. The van der Waals surface area contributed by atoms with Crippen LogP contribution in [0.4, 0.5) is 0 Å². The second-order valence-electron chi connectivity index (χ2n) is 17.6. The van der Waals surface area contributed by atoms with Gasteiger partial charge in [0.1, 0.15) is 24.7 Å². The van der Waals surface area contributed by atoms with Gasteiger partial charge in [0.05, 0.1) is 49.7 Å². The van der Waals surface area contributed by atoms with Crippen LogP contribution in [0.5, 0.6) is 0 Å². The van der Waals surface area contributed by atoms with Crippen LogP contribution in [0.3, 0.4) is 0 Å². The molecule has 0 unspecified atom stereocenters. The Morgan fingerprint density at radius 3 is 2.02 bits per heavy atom. The van der Waals surface area contributed by atoms with Crippen molar-refractivity contribution < 1.29 is 58.0 Å². The molecular formula is C45H74N6O12S2. The molecule has 1 fully saturated rings. The van der Waals surface area contributed by atoms with Crippen molar-refractivity contribution in [2.75, 3.05) is 61.1 Å². The maximum Gasteiger partial charge on any atom is 0.329 e. The maximum absolute atomic E-state index is 14.4. The number of thiol groups is 1. The average molecular weight is 955 g/mol. The van der Waals surface area contributed by atoms with Crippen molar-refractivity contribution in [2.24, 2.45) is 23.7 Å². The zero-order valence-corrected chi connectivity index (χ0v) is 41.6. The lowest BCUT2D eigenvalue weighted by Gasteiger charge is -2.41. The molecule has 368 valence electrons. The fraction of sp³-hybridized carbons (Fsp3) is 0.711. The molecule has 1 saturated heterocycles. The minimum atomic E-state index is -1.24. The van der Waals surface area contributed by atoms with E-state index in [-0.39, 0.29) is 61.5 Å². The third-order valence-electron chi connectivity index (χ3n) is 12.2. The summed E-state index contributed by atoms with van der Waals surface area (Å²) in [6.45, 7) is 12.0. The fourth-order valence-electron chi connectivity index (χ4n) is 8.54. The van der Waals surface area contributed by atoms with Crippen LogP contribution in [0.1, 0.15) is 79.7 Å². The van der Waals surface area contributed by atoms with Gasteiger partial charge in [-0.1, -0.05) is 96.9 Å². The number of nitrogens with zero attached hydrogens (tertiary/aromatic N) is 4. The Kier molecular flexibility index (Phi) is 24.9. The van der Waals surface area contributed by atoms with Gasteiger partial charge in [-0.25, -0.2) is 9.10 Å². The van der Waals surface area contributed by atoms with Crippen LogP contribution in [-0.4, -0.2) is 174 Å². The number of rotatable bonds is 29. The lowest BCUT2D eigenvalue weighted by atomic mass is 9.89. The Morgan fingerprint density at radius 1 is 0.892 bits per heavy atom. The highest BCUT2D eigenvalue weighted by Gasteiger charge is 2.43. The number of hydrogen-bond donors (Lipinski definition) is 5. The van der Waals surface area contributed by atoms with E-state index in [2.05, 4.69) is 22.3 Å². The Morgan fingerprint density at radius 2 is 1.51 bits per heavy atom. The van der Waals surface area contributed by atoms with E-state index in [4.69, 9.17) is 14.2 Å². The first-order chi connectivity index (χ1) is 30.6. The molecule has 0 spiro atoms. The molecule has 1 aromatic rings. The summed E-state index contributed by atoms with van der Waals surface area (Å²) >= 11 is 4.28. The number of aliphatic carboxylic acids is 2. The fourth-order valence-corrected chi connectivity index (χ4v) is 9.28. The Balaban J connectivity index is 2.31. The summed E-state index contributed by atoms with van der Waals surface area (Å²) < 4.78 is 19.2. The Labute approximate surface area is 394 Å². The number of nitrogens with one attached hydrogen (secondary N) is 2. The summed E-state index contributed by atoms with van der Waals surface area (Å²) in [7, 11) is 7.57. The predicted molar refractivity (Wildman–Crippen MR) is 251 cm³/mol. The van der Waals surface area contributed by atoms with E-state index >= 15 is 0 Å². The van der Waals surface area contributed by atoms with Gasteiger partial charge in [-0.15, -0.1) is 0 Å². The minimum Gasteiger partial charge on any atom is -0.480 e. The van der Waals surface area contributed by atoms with Crippen LogP contribution in [0, 0.1) is 23.7 Å². The number of carboxylic acids is 2. The van der Waals surface area contributed by atoms with E-state index in [9.17, 15) is 43.8 Å². The summed E-state index contributed by atoms with van der Waals surface area (Å²) in [5.41, 5.74) is 0.730. The Bertz CT molecular complexity index is 1690. The second-order valence-corrected chi connectivity index (χ2v) is 18.8. The van der Waals surface area contributed by atoms with Crippen LogP contribution in [0.15, 0.2) is 30.3 Å². The van der Waals surface area contributed by atoms with E-state index in [0.29, 0.717) is 25.8 Å². The molecule has 0 aliphatic carbocycles. The molecule has 1 heterocycles. The third kappa shape index (κ3) is 17.3. The van der Waals surface area contributed by atoms with E-state index in [1.807, 2.05) is 47.6 Å². The second kappa shape index (κ2) is 28.3. The largest absolute Gasteiger partial charge is 0.480 e. The number of carbonyl (C=O) groups is 7. The molecule has 1 aliphatic heterocycles. The van der Waals surface area contributed by atoms with Crippen LogP contribution < -0.4 is 10.6 Å². The van der Waals surface area contributed by atoms with Gasteiger partial charge in [-0.2, -0.15) is 0 Å². The van der Waals surface area contributed by atoms with Crippen molar-refractivity contribution in [3.63, 3.8) is 0 Å². The van der Waals surface area contributed by atoms with Crippen LogP contribution in [-0.2, 0) is 54.2 Å². The van der Waals surface area contributed by atoms with Crippen molar-refractivity contribution in [2.45, 2.75) is 123 Å². The summed E-state index contributed by atoms with van der Waals surface area (Å²) in [6.07, 6.45) is 0.350. The van der Waals surface area contributed by atoms with Crippen LogP contribution in [0.2, 0.25) is 0 Å². The molecule has 9 atom stereocenters. The smallest absolute Gasteiger partial charge is 0.329 e. The predicted octanol–water partition coefficient (Wildman–Crippen LogP) is 3.24. The van der Waals surface area contributed by atoms with E-state index in [1.165, 1.54) is 14.2 Å². The van der Waals surface area contributed by atoms with E-state index in [1.54, 1.807) is 59.4 Å². The van der Waals surface area contributed by atoms with Gasteiger partial charge in [0.2, 0.25) is 23.6 Å². The lowest BCUT2D eigenvalue weighted by Crippen LogP contribution is -2.59. The van der Waals surface area contributed by atoms with Crippen molar-refractivity contribution in [1.82, 2.24) is 29.6 Å². The number of amides is 4. The van der Waals surface area contributed by atoms with Gasteiger partial charge < -0.3 is 44.9 Å². The van der Waals surface area contributed by atoms with Gasteiger partial charge in [0, 0.05) is 40.8 Å². The minimum absolute atomic E-state index is 0.0577. The average Bonchev–Trinajstić information content (AvgIpc) is 3.74. The van der Waals surface area contributed by atoms with Gasteiger partial charge in [-0.05, 0) is 54.2 Å². The first-order valence-corrected chi connectivity index (χ1v) is 24.1. The van der Waals surface area contributed by atoms with Crippen LogP contribution >= 0.6 is 22.6 Å². The summed E-state index contributed by atoms with van der Waals surface area (Å²) in [5, 5.41) is 24.2. The number of carbonyl (C=O) groups excluding carboxylic acids is 5. The SMILES string of the molecule is CC[C@H](C)[C@@H]([C@@H](CC(=O)N1CCC[C@H]1[C@H](OC)[C@@H](C)C(=O)N[C@@H](Cc1ccccc1)C(=O)OCCN(CC(=O)O)CC(=O)O)OC)N(C)C(=O)[C@@H](NC(=O)[C@H](C(C)C)N(C)SS)C(C)C. The molecule has 18 nitrogen and oxygen atoms in total. The molecule has 0 radical (unpaired) electrons. The van der Waals surface area contributed by atoms with Crippen molar-refractivity contribution in [1.29, 1.82) is 0 Å². The van der Waals surface area contributed by atoms with Crippen molar-refractivity contribution in [3.8, 4) is 0 Å². The van der Waals surface area contributed by atoms with Crippen molar-refractivity contribution >= 4 is 64.2 Å². The number of benzene rings is 1. The van der Waals surface area contributed by atoms with Crippen molar-refractivity contribution in [3.05, 3.63) is 35.9 Å². The quantitative estimate of drug-likeness (QED) is 0.0337. The number of ether oxygens (including phenoxy) is 3. The molecular weight excluding hydrogens is 881 g/mol. The molecule has 4 amide bonds. The number of likely N-dealkylation sites (tertiary alicyclic amines) is 1. The van der Waals surface area contributed by atoms with Gasteiger partial charge in [0.25, 0.3) is 0 Å². The highest BCUT2D eigenvalue weighted by Crippen LogP contribution is 2.30. The maximum atomic E-state index is 14.4. The zero-order valence-electron chi connectivity index (χ0n) is 39.9. The van der Waals surface area contributed by atoms with Gasteiger partial charge >= 0.3 is 17.9 Å². The Hall–Kier alpha value is -3.95. The zero-order chi connectivity index (χ0) is 49.1. The van der Waals surface area contributed by atoms with Crippen LogP contribution in [0.25, 0.3) is 0 Å². The third-order valence-corrected chi connectivity index (χ3v) is 13.4. The molecule has 1 aliphatic rings. The molecule has 2 rings (SSSR count). The number of esters is 1. The topological polar surface area (TPSA) is 225 Å². The van der Waals surface area contributed by atoms with E-state index in [0.717, 1.165) is 21.4 Å². The summed E-state index contributed by atoms with van der Waals surface area (Å²) in [4.78, 5) is 96.8. The molecule has 4 N–H and O–H groups in total.